The first kappa shape index (κ1) is 26.9. The number of aliphatic hydroxyl groups excluding tert-OH is 1. The number of halogens is 1. The van der Waals surface area contributed by atoms with Crippen molar-refractivity contribution in [2.24, 2.45) is 0 Å². The number of ether oxygens (including phenoxy) is 2. The van der Waals surface area contributed by atoms with Gasteiger partial charge in [0.2, 0.25) is 0 Å². The highest BCUT2D eigenvalue weighted by molar-refractivity contribution is 6.51. The second-order valence-corrected chi connectivity index (χ2v) is 10.3. The highest BCUT2D eigenvalue weighted by Crippen LogP contribution is 2.43. The van der Waals surface area contributed by atoms with Crippen LogP contribution in [0.4, 0.5) is 5.69 Å². The van der Waals surface area contributed by atoms with Crippen LogP contribution in [0, 0.1) is 0 Å². The number of anilines is 1. The standard InChI is InChI=1S/C30H28ClNO6/c1-30(2,3)20-11-6-17(7-12-20)25-24(26(33)19-10-15-23(37-4)22(31)16-19)27(34)28(35)32(25)21-13-8-18(9-14-21)29(36)38-5/h6-16,25,33H,1-5H3/b26-24-. The lowest BCUT2D eigenvalue weighted by Gasteiger charge is -2.26. The fourth-order valence-electron chi connectivity index (χ4n) is 4.42. The summed E-state index contributed by atoms with van der Waals surface area (Å²) in [5, 5.41) is 11.6. The first-order valence-electron chi connectivity index (χ1n) is 11.9. The van der Waals surface area contributed by atoms with Crippen molar-refractivity contribution in [2.45, 2.75) is 32.2 Å². The van der Waals surface area contributed by atoms with E-state index in [9.17, 15) is 19.5 Å². The number of hydrogen-bond donors (Lipinski definition) is 1. The summed E-state index contributed by atoms with van der Waals surface area (Å²) in [5.41, 5.74) is 2.48. The summed E-state index contributed by atoms with van der Waals surface area (Å²) in [4.78, 5) is 40.0. The Hall–Kier alpha value is -4.10. The van der Waals surface area contributed by atoms with Gasteiger partial charge in [-0.3, -0.25) is 14.5 Å². The molecule has 1 fully saturated rings. The Kier molecular flexibility index (Phi) is 7.33. The van der Waals surface area contributed by atoms with Crippen molar-refractivity contribution in [3.63, 3.8) is 0 Å². The number of nitrogens with zero attached hydrogens (tertiary/aromatic N) is 1. The van der Waals surface area contributed by atoms with Crippen LogP contribution < -0.4 is 9.64 Å². The van der Waals surface area contributed by atoms with E-state index >= 15 is 0 Å². The molecule has 1 unspecified atom stereocenters. The molecule has 196 valence electrons. The van der Waals surface area contributed by atoms with E-state index in [1.165, 1.54) is 37.3 Å². The number of Topliss-reactive ketones (excluding diaryl/α,β-unsaturated/α-hetero) is 1. The zero-order valence-electron chi connectivity index (χ0n) is 21.7. The van der Waals surface area contributed by atoms with E-state index in [1.807, 2.05) is 24.3 Å². The largest absolute Gasteiger partial charge is 0.507 e. The average molecular weight is 534 g/mol. The summed E-state index contributed by atoms with van der Waals surface area (Å²) >= 11 is 6.28. The number of aliphatic hydroxyl groups is 1. The molecule has 0 saturated carbocycles. The van der Waals surface area contributed by atoms with E-state index in [0.717, 1.165) is 5.56 Å². The molecule has 1 aliphatic heterocycles. The van der Waals surface area contributed by atoms with Crippen molar-refractivity contribution in [1.29, 1.82) is 0 Å². The summed E-state index contributed by atoms with van der Waals surface area (Å²) in [5.74, 6) is -2.11. The van der Waals surface area contributed by atoms with Crippen LogP contribution >= 0.6 is 11.6 Å². The summed E-state index contributed by atoms with van der Waals surface area (Å²) < 4.78 is 9.95. The minimum atomic E-state index is -0.922. The van der Waals surface area contributed by atoms with Gasteiger partial charge in [0.15, 0.2) is 0 Å². The van der Waals surface area contributed by atoms with E-state index in [-0.39, 0.29) is 27.3 Å². The lowest BCUT2D eigenvalue weighted by Crippen LogP contribution is -2.29. The third kappa shape index (κ3) is 4.89. The zero-order valence-corrected chi connectivity index (χ0v) is 22.5. The third-order valence-corrected chi connectivity index (χ3v) is 6.82. The molecule has 0 radical (unpaired) electrons. The molecule has 7 nitrogen and oxygen atoms in total. The molecule has 0 aliphatic carbocycles. The van der Waals surface area contributed by atoms with Crippen LogP contribution in [0.3, 0.4) is 0 Å². The Labute approximate surface area is 226 Å². The molecular formula is C30H28ClNO6. The van der Waals surface area contributed by atoms with E-state index in [0.29, 0.717) is 22.6 Å². The predicted molar refractivity (Wildman–Crippen MR) is 146 cm³/mol. The lowest BCUT2D eigenvalue weighted by molar-refractivity contribution is -0.132. The van der Waals surface area contributed by atoms with Gasteiger partial charge in [-0.25, -0.2) is 4.79 Å². The van der Waals surface area contributed by atoms with Crippen LogP contribution in [0.2, 0.25) is 5.02 Å². The fourth-order valence-corrected chi connectivity index (χ4v) is 4.68. The van der Waals surface area contributed by atoms with Gasteiger partial charge < -0.3 is 14.6 Å². The molecule has 8 heteroatoms. The average Bonchev–Trinajstić information content (AvgIpc) is 3.17. The maximum atomic E-state index is 13.4. The molecule has 1 amide bonds. The van der Waals surface area contributed by atoms with Gasteiger partial charge in [0.05, 0.1) is 36.4 Å². The monoisotopic (exact) mass is 533 g/mol. The molecule has 1 N–H and O–H groups in total. The van der Waals surface area contributed by atoms with Crippen molar-refractivity contribution < 1.29 is 29.0 Å². The van der Waals surface area contributed by atoms with Crippen molar-refractivity contribution in [3.8, 4) is 5.75 Å². The summed E-state index contributed by atoms with van der Waals surface area (Å²) in [6, 6.07) is 17.5. The Morgan fingerprint density at radius 3 is 2.05 bits per heavy atom. The Bertz CT molecular complexity index is 1440. The molecule has 1 aliphatic rings. The van der Waals surface area contributed by atoms with Gasteiger partial charge in [0, 0.05) is 11.3 Å². The molecular weight excluding hydrogens is 506 g/mol. The Morgan fingerprint density at radius 1 is 0.921 bits per heavy atom. The number of carbonyl (C=O) groups is 3. The lowest BCUT2D eigenvalue weighted by atomic mass is 9.85. The van der Waals surface area contributed by atoms with E-state index < -0.39 is 23.7 Å². The number of amides is 1. The summed E-state index contributed by atoms with van der Waals surface area (Å²) in [6.07, 6.45) is 0. The highest BCUT2D eigenvalue weighted by atomic mass is 35.5. The van der Waals surface area contributed by atoms with Gasteiger partial charge in [-0.2, -0.15) is 0 Å². The van der Waals surface area contributed by atoms with E-state index in [4.69, 9.17) is 21.1 Å². The second-order valence-electron chi connectivity index (χ2n) is 9.93. The molecule has 0 bridgehead atoms. The Balaban J connectivity index is 1.90. The summed E-state index contributed by atoms with van der Waals surface area (Å²) in [6.45, 7) is 6.26. The first-order valence-corrected chi connectivity index (χ1v) is 12.3. The van der Waals surface area contributed by atoms with Crippen LogP contribution in [0.15, 0.2) is 72.3 Å². The smallest absolute Gasteiger partial charge is 0.337 e. The molecule has 38 heavy (non-hydrogen) atoms. The van der Waals surface area contributed by atoms with Crippen LogP contribution in [-0.4, -0.2) is 37.0 Å². The van der Waals surface area contributed by atoms with Crippen molar-refractivity contribution in [1.82, 2.24) is 0 Å². The van der Waals surface area contributed by atoms with E-state index in [2.05, 4.69) is 20.8 Å². The number of hydrogen-bond acceptors (Lipinski definition) is 6. The number of ketones is 1. The molecule has 1 atom stereocenters. The van der Waals surface area contributed by atoms with Crippen LogP contribution in [-0.2, 0) is 19.7 Å². The molecule has 3 aromatic carbocycles. The summed E-state index contributed by atoms with van der Waals surface area (Å²) in [7, 11) is 2.75. The van der Waals surface area contributed by atoms with Crippen LogP contribution in [0.5, 0.6) is 5.75 Å². The van der Waals surface area contributed by atoms with Gasteiger partial charge in [-0.1, -0.05) is 56.6 Å². The minimum Gasteiger partial charge on any atom is -0.507 e. The number of methoxy groups -OCH3 is 2. The third-order valence-electron chi connectivity index (χ3n) is 6.53. The normalized spacial score (nSPS) is 17.0. The van der Waals surface area contributed by atoms with Gasteiger partial charge >= 0.3 is 5.97 Å². The molecule has 0 aromatic heterocycles. The zero-order chi connectivity index (χ0) is 27.8. The predicted octanol–water partition coefficient (Wildman–Crippen LogP) is 6.06. The molecule has 4 rings (SSSR count). The number of esters is 1. The van der Waals surface area contributed by atoms with Gasteiger partial charge in [-0.05, 0) is 59.0 Å². The van der Waals surface area contributed by atoms with E-state index in [1.54, 1.807) is 24.3 Å². The fraction of sp³-hybridized carbons (Fsp3) is 0.233. The molecule has 3 aromatic rings. The quantitative estimate of drug-likeness (QED) is 0.185. The van der Waals surface area contributed by atoms with Crippen molar-refractivity contribution in [3.05, 3.63) is 99.6 Å². The van der Waals surface area contributed by atoms with Crippen molar-refractivity contribution >= 4 is 40.7 Å². The topological polar surface area (TPSA) is 93.1 Å². The first-order chi connectivity index (χ1) is 18.0. The molecule has 1 saturated heterocycles. The minimum absolute atomic E-state index is 0.0724. The number of benzene rings is 3. The Morgan fingerprint density at radius 2 is 1.53 bits per heavy atom. The number of rotatable bonds is 5. The maximum Gasteiger partial charge on any atom is 0.337 e. The molecule has 1 heterocycles. The van der Waals surface area contributed by atoms with Crippen molar-refractivity contribution in [2.75, 3.05) is 19.1 Å². The van der Waals surface area contributed by atoms with Gasteiger partial charge in [0.25, 0.3) is 11.7 Å². The number of carbonyl (C=O) groups excluding carboxylic acids is 3. The van der Waals surface area contributed by atoms with Gasteiger partial charge in [0.1, 0.15) is 11.5 Å². The SMILES string of the molecule is COC(=O)c1ccc(N2C(=O)C(=O)/C(=C(\O)c3ccc(OC)c(Cl)c3)C2c2ccc(C(C)(C)C)cc2)cc1. The van der Waals surface area contributed by atoms with Crippen LogP contribution in [0.1, 0.15) is 53.9 Å². The maximum absolute atomic E-state index is 13.4. The van der Waals surface area contributed by atoms with Crippen LogP contribution in [0.25, 0.3) is 5.76 Å². The molecule has 0 spiro atoms. The second kappa shape index (κ2) is 10.3. The highest BCUT2D eigenvalue weighted by Gasteiger charge is 2.47. The van der Waals surface area contributed by atoms with Gasteiger partial charge in [-0.15, -0.1) is 0 Å².